The molecule has 3 nitrogen and oxygen atoms in total. The molecule has 0 saturated carbocycles. The number of rotatable bonds is 2. The van der Waals surface area contributed by atoms with Crippen LogP contribution in [0.1, 0.15) is 17.5 Å². The zero-order chi connectivity index (χ0) is 18.9. The van der Waals surface area contributed by atoms with E-state index < -0.39 is 11.7 Å². The zero-order valence-electron chi connectivity index (χ0n) is 14.1. The molecule has 6 heteroatoms. The van der Waals surface area contributed by atoms with Gasteiger partial charge in [0.1, 0.15) is 0 Å². The van der Waals surface area contributed by atoms with Crippen molar-refractivity contribution >= 4 is 11.8 Å². The number of hydrogen-bond acceptors (Lipinski definition) is 3. The highest BCUT2D eigenvalue weighted by molar-refractivity contribution is 6.12. The Balaban J connectivity index is 1.80. The third-order valence-electron chi connectivity index (χ3n) is 4.18. The van der Waals surface area contributed by atoms with Gasteiger partial charge in [-0.15, -0.1) is 0 Å². The van der Waals surface area contributed by atoms with Crippen LogP contribution in [0, 0.1) is 0 Å². The smallest absolute Gasteiger partial charge is 0.302 e. The third kappa shape index (κ3) is 3.48. The second-order valence-corrected chi connectivity index (χ2v) is 6.02. The lowest BCUT2D eigenvalue weighted by molar-refractivity contribution is -0.137. The summed E-state index contributed by atoms with van der Waals surface area (Å²) < 4.78 is 39.2. The summed E-state index contributed by atoms with van der Waals surface area (Å²) in [4.78, 5) is 10.6. The van der Waals surface area contributed by atoms with Crippen LogP contribution in [0.2, 0.25) is 0 Å². The molecule has 0 fully saturated rings. The Morgan fingerprint density at radius 1 is 1.11 bits per heavy atom. The number of aromatic nitrogens is 1. The largest absolute Gasteiger partial charge is 0.416 e. The molecule has 27 heavy (non-hydrogen) atoms. The Morgan fingerprint density at radius 3 is 2.85 bits per heavy atom. The van der Waals surface area contributed by atoms with Gasteiger partial charge in [-0.05, 0) is 30.7 Å². The Hall–Kier alpha value is -3.37. The van der Waals surface area contributed by atoms with E-state index in [1.807, 2.05) is 35.5 Å². The normalized spacial score (nSPS) is 15.9. The van der Waals surface area contributed by atoms with E-state index >= 15 is 0 Å². The second kappa shape index (κ2) is 6.74. The van der Waals surface area contributed by atoms with Gasteiger partial charge in [-0.2, -0.15) is 13.2 Å². The Kier molecular flexibility index (Phi) is 4.26. The third-order valence-corrected chi connectivity index (χ3v) is 4.18. The first-order valence-electron chi connectivity index (χ1n) is 8.31. The van der Waals surface area contributed by atoms with Crippen molar-refractivity contribution in [2.45, 2.75) is 12.6 Å². The van der Waals surface area contributed by atoms with Crippen LogP contribution in [0.4, 0.5) is 13.2 Å². The summed E-state index contributed by atoms with van der Waals surface area (Å²) in [6.45, 7) is 0. The summed E-state index contributed by atoms with van der Waals surface area (Å²) in [6, 6.07) is 8.77. The maximum Gasteiger partial charge on any atom is 0.416 e. The van der Waals surface area contributed by atoms with Crippen LogP contribution in [0.25, 0.3) is 16.8 Å². The molecule has 0 aliphatic carbocycles. The second-order valence-electron chi connectivity index (χ2n) is 6.02. The lowest BCUT2D eigenvalue weighted by Crippen LogP contribution is -2.12. The first-order chi connectivity index (χ1) is 13.0. The van der Waals surface area contributed by atoms with E-state index in [1.54, 1.807) is 24.5 Å². The molecule has 0 saturated heterocycles. The van der Waals surface area contributed by atoms with Crippen LogP contribution < -0.4 is 0 Å². The first-order valence-corrected chi connectivity index (χ1v) is 8.31. The number of pyridine rings is 1. The van der Waals surface area contributed by atoms with E-state index in [0.717, 1.165) is 24.1 Å². The number of nitrogens with zero attached hydrogens (tertiary/aromatic N) is 3. The first kappa shape index (κ1) is 17.1. The monoisotopic (exact) mass is 365 g/mol. The summed E-state index contributed by atoms with van der Waals surface area (Å²) in [6.07, 6.45) is 7.24. The van der Waals surface area contributed by atoms with Gasteiger partial charge in [0.25, 0.3) is 0 Å². The van der Waals surface area contributed by atoms with Crippen molar-refractivity contribution < 1.29 is 13.2 Å². The number of benzene rings is 1. The number of halogens is 3. The summed E-state index contributed by atoms with van der Waals surface area (Å²) in [5.41, 5.74) is 4.74. The Bertz CT molecular complexity index is 1040. The minimum atomic E-state index is -4.40. The fraction of sp³-hybridized carbons (Fsp3) is 0.0952. The van der Waals surface area contributed by atoms with Crippen molar-refractivity contribution in [1.29, 1.82) is 0 Å². The van der Waals surface area contributed by atoms with E-state index in [-0.39, 0.29) is 0 Å². The van der Waals surface area contributed by atoms with Gasteiger partial charge in [0.05, 0.1) is 11.3 Å². The molecule has 0 radical (unpaired) electrons. The molecule has 134 valence electrons. The van der Waals surface area contributed by atoms with Crippen LogP contribution in [0.3, 0.4) is 0 Å². The summed E-state index contributed by atoms with van der Waals surface area (Å²) in [5.74, 6) is 0.664. The van der Waals surface area contributed by atoms with Crippen LogP contribution in [-0.4, -0.2) is 16.1 Å². The molecule has 4 rings (SSSR count). The fourth-order valence-corrected chi connectivity index (χ4v) is 2.91. The zero-order valence-corrected chi connectivity index (χ0v) is 14.1. The molecule has 0 spiro atoms. The Labute approximate surface area is 154 Å². The maximum atomic E-state index is 13.1. The highest BCUT2D eigenvalue weighted by Crippen LogP contribution is 2.34. The molecule has 0 bridgehead atoms. The molecule has 2 aliphatic heterocycles. The van der Waals surface area contributed by atoms with Crippen LogP contribution >= 0.6 is 0 Å². The minimum Gasteiger partial charge on any atom is -0.302 e. The number of alkyl halides is 3. The van der Waals surface area contributed by atoms with E-state index in [0.29, 0.717) is 22.6 Å². The van der Waals surface area contributed by atoms with Gasteiger partial charge in [-0.25, -0.2) is 4.99 Å². The molecule has 0 atom stereocenters. The van der Waals surface area contributed by atoms with Crippen LogP contribution in [-0.2, 0) is 6.18 Å². The van der Waals surface area contributed by atoms with Crippen molar-refractivity contribution in [2.24, 2.45) is 4.99 Å². The molecule has 0 unspecified atom stereocenters. The average molecular weight is 365 g/mol. The predicted molar refractivity (Wildman–Crippen MR) is 98.3 cm³/mol. The van der Waals surface area contributed by atoms with E-state index in [9.17, 15) is 13.2 Å². The van der Waals surface area contributed by atoms with Gasteiger partial charge >= 0.3 is 6.18 Å². The molecule has 0 N–H and O–H groups in total. The molecule has 0 amide bonds. The lowest BCUT2D eigenvalue weighted by atomic mass is 9.98. The molecule has 1 aromatic carbocycles. The van der Waals surface area contributed by atoms with Crippen molar-refractivity contribution in [3.8, 4) is 11.3 Å². The van der Waals surface area contributed by atoms with Crippen LogP contribution in [0.15, 0.2) is 83.7 Å². The average Bonchev–Trinajstić information content (AvgIpc) is 2.92. The van der Waals surface area contributed by atoms with Crippen molar-refractivity contribution in [3.05, 3.63) is 89.8 Å². The highest BCUT2D eigenvalue weighted by Gasteiger charge is 2.30. The number of allylic oxidation sites excluding steroid dienone is 3. The predicted octanol–water partition coefficient (Wildman–Crippen LogP) is 5.41. The quantitative estimate of drug-likeness (QED) is 0.666. The lowest BCUT2D eigenvalue weighted by Gasteiger charge is -2.20. The molecule has 1 aromatic heterocycles. The number of aliphatic imine (C=N–C) groups is 1. The van der Waals surface area contributed by atoms with Gasteiger partial charge in [-0.3, -0.25) is 4.98 Å². The minimum absolute atomic E-state index is 0.405. The molecular formula is C21H14F3N3. The maximum absolute atomic E-state index is 13.1. The topological polar surface area (TPSA) is 28.5 Å². The van der Waals surface area contributed by atoms with Gasteiger partial charge in [0.15, 0.2) is 5.82 Å². The van der Waals surface area contributed by atoms with E-state index in [2.05, 4.69) is 15.7 Å². The standard InChI is InChI=1S/C21H14F3N3/c22-21(23,24)17-7-4-6-15(12-17)20-18(8-5-10-25-20)16-13-26-19-9-2-1-3-11-27(19)14-16/h2-8,10-14H,1H2. The molecule has 2 aliphatic rings. The summed E-state index contributed by atoms with van der Waals surface area (Å²) in [5, 5.41) is 0. The number of fused-ring (bicyclic) bond motifs is 1. The van der Waals surface area contributed by atoms with Gasteiger partial charge in [0, 0.05) is 41.5 Å². The van der Waals surface area contributed by atoms with E-state index in [1.165, 1.54) is 6.07 Å². The van der Waals surface area contributed by atoms with E-state index in [4.69, 9.17) is 0 Å². The van der Waals surface area contributed by atoms with Gasteiger partial charge in [-0.1, -0.05) is 30.0 Å². The van der Waals surface area contributed by atoms with Crippen molar-refractivity contribution in [2.75, 3.05) is 0 Å². The van der Waals surface area contributed by atoms with Gasteiger partial charge in [0.2, 0.25) is 0 Å². The summed E-state index contributed by atoms with van der Waals surface area (Å²) in [7, 11) is 0. The molecule has 2 aromatic rings. The van der Waals surface area contributed by atoms with Crippen LogP contribution in [0.5, 0.6) is 0 Å². The van der Waals surface area contributed by atoms with Gasteiger partial charge < -0.3 is 4.90 Å². The van der Waals surface area contributed by atoms with Crippen molar-refractivity contribution in [1.82, 2.24) is 9.88 Å². The SMILES string of the molecule is FC(F)(F)c1cccc(-c2ncccc2C2=CN3C=CCC=C=C3N=C2)c1. The Morgan fingerprint density at radius 2 is 2.00 bits per heavy atom. The fourth-order valence-electron chi connectivity index (χ4n) is 2.91. The molecule has 3 heterocycles. The van der Waals surface area contributed by atoms with Crippen molar-refractivity contribution in [3.63, 3.8) is 0 Å². The summed E-state index contributed by atoms with van der Waals surface area (Å²) >= 11 is 0. The molecular weight excluding hydrogens is 351 g/mol. The highest BCUT2D eigenvalue weighted by atomic mass is 19.4. The number of hydrogen-bond donors (Lipinski definition) is 0.